The molecule has 0 fully saturated rings. The number of nitrogens with zero attached hydrogens (tertiary/aromatic N) is 4. The minimum absolute atomic E-state index is 0.0461. The van der Waals surface area contributed by atoms with Gasteiger partial charge in [0.2, 0.25) is 0 Å². The average molecular weight is 531 g/mol. The van der Waals surface area contributed by atoms with Crippen LogP contribution in [-0.2, 0) is 31.2 Å². The summed E-state index contributed by atoms with van der Waals surface area (Å²) in [5, 5.41) is 13.1. The minimum Gasteiger partial charge on any atom is -0.490 e. The Bertz CT molecular complexity index is 1600. The molecule has 0 aliphatic rings. The number of rotatable bonds is 10. The monoisotopic (exact) mass is 530 g/mol. The van der Waals surface area contributed by atoms with Crippen LogP contribution in [0.15, 0.2) is 58.7 Å². The summed E-state index contributed by atoms with van der Waals surface area (Å²) in [6.07, 6.45) is 2.76. The highest BCUT2D eigenvalue weighted by atomic mass is 32.2. The van der Waals surface area contributed by atoms with Gasteiger partial charge in [0.15, 0.2) is 10.8 Å². The summed E-state index contributed by atoms with van der Waals surface area (Å²) in [5.74, 6) is 0.995. The number of aryl methyl sites for hydroxylation is 3. The molecule has 0 spiro atoms. The molecule has 1 unspecified atom stereocenters. The topological polar surface area (TPSA) is 142 Å². The number of sulfonamides is 1. The van der Waals surface area contributed by atoms with Gasteiger partial charge in [-0.15, -0.1) is 0 Å². The molecule has 4 rings (SSSR count). The van der Waals surface area contributed by atoms with Crippen molar-refractivity contribution in [3.05, 3.63) is 59.4 Å². The van der Waals surface area contributed by atoms with Crippen LogP contribution in [0.5, 0.6) is 17.2 Å². The number of hydrogen-bond donors (Lipinski definition) is 3. The second-order valence-corrected chi connectivity index (χ2v) is 10.7. The average Bonchev–Trinajstić information content (AvgIpc) is 3.37. The van der Waals surface area contributed by atoms with Crippen molar-refractivity contribution in [3.63, 3.8) is 0 Å². The fourth-order valence-electron chi connectivity index (χ4n) is 3.84. The summed E-state index contributed by atoms with van der Waals surface area (Å²) < 4.78 is 44.8. The predicted octanol–water partition coefficient (Wildman–Crippen LogP) is 1.55. The smallest absolute Gasteiger partial charge is 0.328 e. The summed E-state index contributed by atoms with van der Waals surface area (Å²) in [6.45, 7) is 2.05. The molecule has 2 heterocycles. The first-order chi connectivity index (χ1) is 17.4. The standard InChI is InChI=1S/C24H30N6O6S/c1-24(32,13-25-2)14-35-16-7-6-8-17(9-16)36-21-11-20-19(29(4)23(31)30(20)5)10-18(21)27-37(33,34)22-12-28(3)15-26-22/h6-12,15,25,27,32H,13-14H2,1-5H3. The van der Waals surface area contributed by atoms with E-state index in [1.54, 1.807) is 71.5 Å². The molecular formula is C24H30N6O6S. The van der Waals surface area contributed by atoms with Crippen molar-refractivity contribution in [3.8, 4) is 17.2 Å². The number of hydrogen-bond acceptors (Lipinski definition) is 8. The number of ether oxygens (including phenoxy) is 2. The summed E-state index contributed by atoms with van der Waals surface area (Å²) >= 11 is 0. The number of likely N-dealkylation sites (N-methyl/N-ethyl adjacent to an activating group) is 1. The first kappa shape index (κ1) is 26.3. The molecule has 12 nitrogen and oxygen atoms in total. The van der Waals surface area contributed by atoms with E-state index in [0.717, 1.165) is 0 Å². The van der Waals surface area contributed by atoms with Crippen molar-refractivity contribution < 1.29 is 23.0 Å². The Morgan fingerprint density at radius 1 is 1.08 bits per heavy atom. The van der Waals surface area contributed by atoms with Crippen molar-refractivity contribution in [1.29, 1.82) is 0 Å². The molecule has 1 atom stereocenters. The lowest BCUT2D eigenvalue weighted by atomic mass is 10.1. The van der Waals surface area contributed by atoms with E-state index in [0.29, 0.717) is 29.1 Å². The van der Waals surface area contributed by atoms with Gasteiger partial charge in [0.25, 0.3) is 10.0 Å². The number of benzene rings is 2. The van der Waals surface area contributed by atoms with E-state index < -0.39 is 15.6 Å². The van der Waals surface area contributed by atoms with Gasteiger partial charge in [-0.2, -0.15) is 8.42 Å². The molecule has 2 aromatic heterocycles. The molecule has 0 saturated heterocycles. The van der Waals surface area contributed by atoms with Crippen molar-refractivity contribution in [1.82, 2.24) is 24.0 Å². The summed E-state index contributed by atoms with van der Waals surface area (Å²) in [5.41, 5.74) is -0.148. The number of aliphatic hydroxyl groups is 1. The van der Waals surface area contributed by atoms with Gasteiger partial charge >= 0.3 is 5.69 Å². The molecule has 13 heteroatoms. The van der Waals surface area contributed by atoms with Crippen LogP contribution in [0.4, 0.5) is 5.69 Å². The van der Waals surface area contributed by atoms with E-state index in [2.05, 4.69) is 15.0 Å². The Balaban J connectivity index is 1.71. The third kappa shape index (κ3) is 5.63. The maximum Gasteiger partial charge on any atom is 0.328 e. The van der Waals surface area contributed by atoms with Crippen LogP contribution in [0.1, 0.15) is 6.92 Å². The van der Waals surface area contributed by atoms with E-state index in [9.17, 15) is 18.3 Å². The molecule has 2 aromatic carbocycles. The third-order valence-electron chi connectivity index (χ3n) is 5.71. The van der Waals surface area contributed by atoms with Gasteiger partial charge in [-0.25, -0.2) is 9.78 Å². The maximum atomic E-state index is 13.0. The van der Waals surface area contributed by atoms with Gasteiger partial charge in [0.1, 0.15) is 23.7 Å². The molecule has 0 amide bonds. The predicted molar refractivity (Wildman–Crippen MR) is 139 cm³/mol. The molecule has 0 saturated carbocycles. The largest absolute Gasteiger partial charge is 0.490 e. The summed E-state index contributed by atoms with van der Waals surface area (Å²) in [4.78, 5) is 16.4. The van der Waals surface area contributed by atoms with Gasteiger partial charge in [0, 0.05) is 46.0 Å². The number of aromatic nitrogens is 4. The Kier molecular flexibility index (Phi) is 7.04. The van der Waals surface area contributed by atoms with Gasteiger partial charge in [-0.3, -0.25) is 13.9 Å². The minimum atomic E-state index is -4.05. The molecular weight excluding hydrogens is 500 g/mol. The lowest BCUT2D eigenvalue weighted by Gasteiger charge is -2.23. The van der Waals surface area contributed by atoms with E-state index in [4.69, 9.17) is 9.47 Å². The van der Waals surface area contributed by atoms with Crippen LogP contribution in [0.25, 0.3) is 11.0 Å². The summed E-state index contributed by atoms with van der Waals surface area (Å²) in [6, 6.07) is 9.88. The second kappa shape index (κ2) is 9.92. The van der Waals surface area contributed by atoms with Gasteiger partial charge in [0.05, 0.1) is 23.0 Å². The zero-order valence-corrected chi connectivity index (χ0v) is 22.0. The fourth-order valence-corrected chi connectivity index (χ4v) is 4.88. The van der Waals surface area contributed by atoms with E-state index in [1.165, 1.54) is 26.2 Å². The number of nitrogens with one attached hydrogen (secondary N) is 2. The quantitative estimate of drug-likeness (QED) is 0.280. The van der Waals surface area contributed by atoms with Crippen molar-refractivity contribution >= 4 is 26.7 Å². The van der Waals surface area contributed by atoms with E-state index in [-0.39, 0.29) is 28.8 Å². The number of anilines is 1. The molecule has 0 radical (unpaired) electrons. The lowest BCUT2D eigenvalue weighted by Crippen LogP contribution is -2.41. The number of fused-ring (bicyclic) bond motifs is 1. The van der Waals surface area contributed by atoms with Crippen molar-refractivity contribution in [2.45, 2.75) is 17.6 Å². The molecule has 198 valence electrons. The third-order valence-corrected chi connectivity index (χ3v) is 6.96. The highest BCUT2D eigenvalue weighted by molar-refractivity contribution is 7.92. The van der Waals surface area contributed by atoms with Crippen molar-refractivity contribution in [2.75, 3.05) is 24.9 Å². The molecule has 0 aliphatic carbocycles. The summed E-state index contributed by atoms with van der Waals surface area (Å²) in [7, 11) is 2.58. The van der Waals surface area contributed by atoms with Crippen LogP contribution in [-0.4, -0.2) is 58.0 Å². The van der Waals surface area contributed by atoms with Crippen molar-refractivity contribution in [2.24, 2.45) is 21.1 Å². The zero-order chi connectivity index (χ0) is 27.0. The maximum absolute atomic E-state index is 13.0. The molecule has 37 heavy (non-hydrogen) atoms. The van der Waals surface area contributed by atoms with Crippen LogP contribution in [0, 0.1) is 0 Å². The highest BCUT2D eigenvalue weighted by Gasteiger charge is 2.23. The Labute approximate surface area is 214 Å². The van der Waals surface area contributed by atoms with Crippen LogP contribution in [0.2, 0.25) is 0 Å². The molecule has 3 N–H and O–H groups in total. The molecule has 0 aliphatic heterocycles. The first-order valence-electron chi connectivity index (χ1n) is 11.4. The Morgan fingerprint density at radius 3 is 2.41 bits per heavy atom. The van der Waals surface area contributed by atoms with Crippen LogP contribution < -0.4 is 25.2 Å². The fraction of sp³-hybridized carbons (Fsp3) is 0.333. The van der Waals surface area contributed by atoms with Gasteiger partial charge in [-0.1, -0.05) is 6.07 Å². The Hall–Kier alpha value is -3.81. The SMILES string of the molecule is CNCC(C)(O)COc1cccc(Oc2cc3c(cc2NS(=O)(=O)c2cn(C)cn2)n(C)c(=O)n3C)c1. The van der Waals surface area contributed by atoms with Crippen LogP contribution >= 0.6 is 0 Å². The van der Waals surface area contributed by atoms with Gasteiger partial charge < -0.3 is 24.5 Å². The Morgan fingerprint density at radius 2 is 1.76 bits per heavy atom. The first-order valence-corrected chi connectivity index (χ1v) is 12.9. The van der Waals surface area contributed by atoms with Crippen LogP contribution in [0.3, 0.4) is 0 Å². The zero-order valence-electron chi connectivity index (χ0n) is 21.2. The van der Waals surface area contributed by atoms with E-state index in [1.807, 2.05) is 0 Å². The van der Waals surface area contributed by atoms with Gasteiger partial charge in [-0.05, 0) is 32.2 Å². The molecule has 4 aromatic rings. The normalized spacial score (nSPS) is 13.5. The second-order valence-electron chi connectivity index (χ2n) is 9.11. The number of imidazole rings is 2. The lowest BCUT2D eigenvalue weighted by molar-refractivity contribution is 0.0138. The highest BCUT2D eigenvalue weighted by Crippen LogP contribution is 2.36. The van der Waals surface area contributed by atoms with E-state index >= 15 is 0 Å². The molecule has 0 bridgehead atoms.